The topological polar surface area (TPSA) is 26.3 Å². The van der Waals surface area contributed by atoms with Crippen molar-refractivity contribution in [2.75, 3.05) is 0 Å². The Kier molecular flexibility index (Phi) is 5.58. The van der Waals surface area contributed by atoms with Gasteiger partial charge in [-0.25, -0.2) is 0 Å². The molecule has 1 aliphatic carbocycles. The maximum Gasteiger partial charge on any atom is 0.313 e. The molecule has 0 bridgehead atoms. The average molecular weight is 309 g/mol. The van der Waals surface area contributed by atoms with E-state index in [1.807, 2.05) is 6.08 Å². The molecule has 0 aromatic carbocycles. The predicted molar refractivity (Wildman–Crippen MR) is 93.7 cm³/mol. The van der Waals surface area contributed by atoms with Gasteiger partial charge in [0.05, 0.1) is 5.41 Å². The smallest absolute Gasteiger partial charge is 0.313 e. The maximum absolute atomic E-state index is 13.2. The van der Waals surface area contributed by atoms with Gasteiger partial charge in [-0.1, -0.05) is 54.5 Å². The Bertz CT molecular complexity index is 402. The molecule has 1 rings (SSSR count). The number of ether oxygens (including phenoxy) is 1. The van der Waals surface area contributed by atoms with Crippen LogP contribution < -0.4 is 0 Å². The molecule has 2 heteroatoms. The van der Waals surface area contributed by atoms with Gasteiger partial charge in [-0.05, 0) is 55.9 Å². The number of carbonyl (C=O) groups is 1. The van der Waals surface area contributed by atoms with E-state index in [-0.39, 0.29) is 16.8 Å². The Morgan fingerprint density at radius 1 is 1.05 bits per heavy atom. The molecule has 0 aromatic rings. The van der Waals surface area contributed by atoms with Gasteiger partial charge >= 0.3 is 5.97 Å². The van der Waals surface area contributed by atoms with Crippen LogP contribution in [0.1, 0.15) is 87.0 Å². The van der Waals surface area contributed by atoms with Crippen molar-refractivity contribution in [1.29, 1.82) is 0 Å². The number of hydrogen-bond acceptors (Lipinski definition) is 2. The number of rotatable bonds is 4. The summed E-state index contributed by atoms with van der Waals surface area (Å²) in [6.07, 6.45) is 7.97. The SMILES string of the molecule is C=CC1(OC(=O)C(C)(CC(C)(C)C)C(C)(C)C)CCCCC1. The Balaban J connectivity index is 3.04. The lowest BCUT2D eigenvalue weighted by molar-refractivity contribution is -0.179. The van der Waals surface area contributed by atoms with E-state index < -0.39 is 11.0 Å². The highest BCUT2D eigenvalue weighted by Crippen LogP contribution is 2.48. The lowest BCUT2D eigenvalue weighted by atomic mass is 9.61. The van der Waals surface area contributed by atoms with Crippen molar-refractivity contribution >= 4 is 5.97 Å². The summed E-state index contributed by atoms with van der Waals surface area (Å²) < 4.78 is 6.11. The molecule has 0 amide bonds. The van der Waals surface area contributed by atoms with Gasteiger partial charge in [0.2, 0.25) is 0 Å². The third-order valence-electron chi connectivity index (χ3n) is 5.36. The van der Waals surface area contributed by atoms with Gasteiger partial charge in [0, 0.05) is 0 Å². The van der Waals surface area contributed by atoms with Crippen LogP contribution in [-0.4, -0.2) is 11.6 Å². The van der Waals surface area contributed by atoms with Crippen LogP contribution in [0.3, 0.4) is 0 Å². The molecule has 0 aromatic heterocycles. The molecule has 1 saturated carbocycles. The first-order valence-electron chi connectivity index (χ1n) is 8.72. The van der Waals surface area contributed by atoms with Gasteiger partial charge in [-0.15, -0.1) is 0 Å². The normalized spacial score (nSPS) is 21.8. The van der Waals surface area contributed by atoms with Crippen molar-refractivity contribution in [3.05, 3.63) is 12.7 Å². The lowest BCUT2D eigenvalue weighted by Crippen LogP contribution is -2.48. The number of carbonyl (C=O) groups excluding carboxylic acids is 1. The van der Waals surface area contributed by atoms with Crippen molar-refractivity contribution in [3.63, 3.8) is 0 Å². The van der Waals surface area contributed by atoms with Crippen molar-refractivity contribution in [2.24, 2.45) is 16.2 Å². The van der Waals surface area contributed by atoms with E-state index in [0.29, 0.717) is 0 Å². The van der Waals surface area contributed by atoms with Gasteiger partial charge in [0.1, 0.15) is 5.60 Å². The first-order valence-corrected chi connectivity index (χ1v) is 8.72. The molecule has 128 valence electrons. The van der Waals surface area contributed by atoms with Crippen LogP contribution in [0, 0.1) is 16.2 Å². The van der Waals surface area contributed by atoms with Crippen molar-refractivity contribution in [1.82, 2.24) is 0 Å². The van der Waals surface area contributed by atoms with Crippen LogP contribution in [0.2, 0.25) is 0 Å². The Hall–Kier alpha value is -0.790. The second kappa shape index (κ2) is 6.37. The minimum Gasteiger partial charge on any atom is -0.454 e. The highest BCUT2D eigenvalue weighted by Gasteiger charge is 2.49. The summed E-state index contributed by atoms with van der Waals surface area (Å²) >= 11 is 0. The van der Waals surface area contributed by atoms with Crippen LogP contribution in [0.15, 0.2) is 12.7 Å². The van der Waals surface area contributed by atoms with Crippen molar-refractivity contribution in [2.45, 2.75) is 92.6 Å². The Morgan fingerprint density at radius 2 is 1.55 bits per heavy atom. The molecule has 1 aliphatic rings. The van der Waals surface area contributed by atoms with Crippen LogP contribution in [-0.2, 0) is 9.53 Å². The van der Waals surface area contributed by atoms with Gasteiger partial charge in [-0.2, -0.15) is 0 Å². The van der Waals surface area contributed by atoms with E-state index >= 15 is 0 Å². The monoisotopic (exact) mass is 308 g/mol. The molecule has 0 saturated heterocycles. The molecule has 0 spiro atoms. The largest absolute Gasteiger partial charge is 0.454 e. The highest BCUT2D eigenvalue weighted by atomic mass is 16.6. The minimum atomic E-state index is -0.501. The molecule has 2 nitrogen and oxygen atoms in total. The molecule has 1 atom stereocenters. The Morgan fingerprint density at radius 3 is 1.91 bits per heavy atom. The highest BCUT2D eigenvalue weighted by molar-refractivity contribution is 5.78. The average Bonchev–Trinajstić information content (AvgIpc) is 2.36. The molecule has 0 N–H and O–H groups in total. The zero-order valence-corrected chi connectivity index (χ0v) is 15.8. The molecule has 1 unspecified atom stereocenters. The molecule has 0 radical (unpaired) electrons. The van der Waals surface area contributed by atoms with Gasteiger partial charge in [0.15, 0.2) is 0 Å². The fourth-order valence-corrected chi connectivity index (χ4v) is 3.50. The summed E-state index contributed by atoms with van der Waals surface area (Å²) in [7, 11) is 0. The van der Waals surface area contributed by atoms with Crippen LogP contribution >= 0.6 is 0 Å². The summed E-state index contributed by atoms with van der Waals surface area (Å²) in [6.45, 7) is 19.0. The fourth-order valence-electron chi connectivity index (χ4n) is 3.50. The van der Waals surface area contributed by atoms with Crippen molar-refractivity contribution in [3.8, 4) is 0 Å². The van der Waals surface area contributed by atoms with E-state index in [9.17, 15) is 4.79 Å². The van der Waals surface area contributed by atoms with Gasteiger partial charge < -0.3 is 4.74 Å². The molecule has 0 aliphatic heterocycles. The standard InChI is InChI=1S/C20H36O2/c1-9-20(13-11-10-12-14-20)22-16(21)19(8,18(5,6)7)15-17(2,3)4/h9H,1,10-15H2,2-8H3. The molecule has 0 heterocycles. The lowest BCUT2D eigenvalue weighted by Gasteiger charge is -2.46. The van der Waals surface area contributed by atoms with Crippen LogP contribution in [0.5, 0.6) is 0 Å². The van der Waals surface area contributed by atoms with E-state index in [2.05, 4.69) is 55.0 Å². The Labute approximate surface area is 137 Å². The second-order valence-electron chi connectivity index (χ2n) is 9.54. The molecular formula is C20H36O2. The first kappa shape index (κ1) is 19.3. The maximum atomic E-state index is 13.2. The molecule has 22 heavy (non-hydrogen) atoms. The summed E-state index contributed by atoms with van der Waals surface area (Å²) in [5, 5.41) is 0. The molecular weight excluding hydrogens is 272 g/mol. The summed E-state index contributed by atoms with van der Waals surface area (Å²) in [5.74, 6) is -0.0586. The van der Waals surface area contributed by atoms with Gasteiger partial charge in [-0.3, -0.25) is 4.79 Å². The van der Waals surface area contributed by atoms with E-state index in [1.54, 1.807) is 0 Å². The third kappa shape index (κ3) is 4.36. The zero-order chi connectivity index (χ0) is 17.2. The van der Waals surface area contributed by atoms with Gasteiger partial charge in [0.25, 0.3) is 0 Å². The number of esters is 1. The quantitative estimate of drug-likeness (QED) is 0.477. The first-order chi connectivity index (χ1) is 9.85. The minimum absolute atomic E-state index is 0.0586. The summed E-state index contributed by atoms with van der Waals surface area (Å²) in [5.41, 5.74) is -1.01. The number of hydrogen-bond donors (Lipinski definition) is 0. The summed E-state index contributed by atoms with van der Waals surface area (Å²) in [4.78, 5) is 13.2. The van der Waals surface area contributed by atoms with E-state index in [0.717, 1.165) is 32.1 Å². The van der Waals surface area contributed by atoms with E-state index in [1.165, 1.54) is 6.42 Å². The van der Waals surface area contributed by atoms with Crippen LogP contribution in [0.4, 0.5) is 0 Å². The predicted octanol–water partition coefficient (Wildman–Crippen LogP) is 5.91. The van der Waals surface area contributed by atoms with E-state index in [4.69, 9.17) is 4.74 Å². The molecule has 1 fully saturated rings. The fraction of sp³-hybridized carbons (Fsp3) is 0.850. The zero-order valence-electron chi connectivity index (χ0n) is 15.8. The third-order valence-corrected chi connectivity index (χ3v) is 5.36. The second-order valence-corrected chi connectivity index (χ2v) is 9.54. The summed E-state index contributed by atoms with van der Waals surface area (Å²) in [6, 6.07) is 0. The van der Waals surface area contributed by atoms with Crippen molar-refractivity contribution < 1.29 is 9.53 Å². The van der Waals surface area contributed by atoms with Crippen LogP contribution in [0.25, 0.3) is 0 Å².